The first-order valence-electron chi connectivity index (χ1n) is 7.97. The van der Waals surface area contributed by atoms with E-state index in [1.54, 1.807) is 0 Å². The molecule has 2 aromatic carbocycles. The quantitative estimate of drug-likeness (QED) is 0.799. The Hall–Kier alpha value is -1.77. The summed E-state index contributed by atoms with van der Waals surface area (Å²) >= 11 is 6.01. The second-order valence-corrected chi connectivity index (χ2v) is 6.68. The summed E-state index contributed by atoms with van der Waals surface area (Å²) in [5.74, 6) is 1.43. The van der Waals surface area contributed by atoms with Crippen LogP contribution in [0, 0.1) is 5.92 Å². The molecule has 0 aliphatic carbocycles. The lowest BCUT2D eigenvalue weighted by atomic mass is 9.88. The molecular formula is C20H22ClNO. The van der Waals surface area contributed by atoms with Gasteiger partial charge in [-0.15, -0.1) is 0 Å². The predicted octanol–water partition coefficient (Wildman–Crippen LogP) is 4.84. The lowest BCUT2D eigenvalue weighted by molar-refractivity contribution is 0.279. The monoisotopic (exact) mass is 327 g/mol. The SMILES string of the molecule is CN(C)CC1CCOc2ccccc2/C1=C\c1ccc(Cl)cc1. The molecule has 2 nitrogen and oxygen atoms in total. The van der Waals surface area contributed by atoms with E-state index in [0.717, 1.165) is 30.3 Å². The fourth-order valence-electron chi connectivity index (χ4n) is 3.08. The predicted molar refractivity (Wildman–Crippen MR) is 97.9 cm³/mol. The zero-order valence-electron chi connectivity index (χ0n) is 13.6. The fraction of sp³-hybridized carbons (Fsp3) is 0.300. The van der Waals surface area contributed by atoms with E-state index in [2.05, 4.69) is 55.4 Å². The van der Waals surface area contributed by atoms with Crippen molar-refractivity contribution < 1.29 is 4.74 Å². The highest BCUT2D eigenvalue weighted by atomic mass is 35.5. The number of halogens is 1. The number of para-hydroxylation sites is 1. The molecule has 0 radical (unpaired) electrons. The number of fused-ring (bicyclic) bond motifs is 1. The van der Waals surface area contributed by atoms with Gasteiger partial charge in [0.15, 0.2) is 0 Å². The molecule has 1 aliphatic rings. The number of hydrogen-bond acceptors (Lipinski definition) is 2. The Kier molecular flexibility index (Phi) is 5.04. The molecule has 1 atom stereocenters. The molecule has 0 aromatic heterocycles. The number of benzene rings is 2. The Morgan fingerprint density at radius 3 is 2.61 bits per heavy atom. The van der Waals surface area contributed by atoms with Gasteiger partial charge in [-0.05, 0) is 49.9 Å². The molecule has 1 heterocycles. The van der Waals surface area contributed by atoms with Gasteiger partial charge >= 0.3 is 0 Å². The van der Waals surface area contributed by atoms with Crippen molar-refractivity contribution >= 4 is 23.3 Å². The summed E-state index contributed by atoms with van der Waals surface area (Å²) in [7, 11) is 4.25. The van der Waals surface area contributed by atoms with E-state index < -0.39 is 0 Å². The van der Waals surface area contributed by atoms with Gasteiger partial charge in [0.05, 0.1) is 6.61 Å². The van der Waals surface area contributed by atoms with Crippen molar-refractivity contribution in [3.63, 3.8) is 0 Å². The maximum absolute atomic E-state index is 6.01. The molecular weight excluding hydrogens is 306 g/mol. The normalized spacial score (nSPS) is 19.3. The van der Waals surface area contributed by atoms with Crippen LogP contribution in [0.5, 0.6) is 5.75 Å². The molecule has 3 rings (SSSR count). The topological polar surface area (TPSA) is 12.5 Å². The molecule has 1 unspecified atom stereocenters. The van der Waals surface area contributed by atoms with Crippen LogP contribution in [0.15, 0.2) is 48.5 Å². The number of hydrogen-bond donors (Lipinski definition) is 0. The zero-order chi connectivity index (χ0) is 16.2. The van der Waals surface area contributed by atoms with Crippen molar-refractivity contribution in [3.05, 3.63) is 64.7 Å². The second-order valence-electron chi connectivity index (χ2n) is 6.24. The van der Waals surface area contributed by atoms with E-state index in [0.29, 0.717) is 5.92 Å². The van der Waals surface area contributed by atoms with Gasteiger partial charge in [-0.3, -0.25) is 0 Å². The summed E-state index contributed by atoms with van der Waals surface area (Å²) in [6.45, 7) is 1.77. The lowest BCUT2D eigenvalue weighted by Gasteiger charge is -2.22. The smallest absolute Gasteiger partial charge is 0.126 e. The molecule has 0 spiro atoms. The highest BCUT2D eigenvalue weighted by Crippen LogP contribution is 2.37. The third-order valence-corrected chi connectivity index (χ3v) is 4.39. The lowest BCUT2D eigenvalue weighted by Crippen LogP contribution is -2.23. The van der Waals surface area contributed by atoms with Crippen LogP contribution in [-0.4, -0.2) is 32.1 Å². The maximum Gasteiger partial charge on any atom is 0.126 e. The van der Waals surface area contributed by atoms with E-state index >= 15 is 0 Å². The summed E-state index contributed by atoms with van der Waals surface area (Å²) in [5, 5.41) is 0.765. The van der Waals surface area contributed by atoms with Crippen molar-refractivity contribution in [1.29, 1.82) is 0 Å². The summed E-state index contributed by atoms with van der Waals surface area (Å²) < 4.78 is 5.97. The van der Waals surface area contributed by atoms with Crippen LogP contribution in [-0.2, 0) is 0 Å². The highest BCUT2D eigenvalue weighted by Gasteiger charge is 2.23. The Morgan fingerprint density at radius 2 is 1.87 bits per heavy atom. The van der Waals surface area contributed by atoms with Crippen LogP contribution in [0.3, 0.4) is 0 Å². The third kappa shape index (κ3) is 3.95. The van der Waals surface area contributed by atoms with Gasteiger partial charge in [-0.2, -0.15) is 0 Å². The largest absolute Gasteiger partial charge is 0.493 e. The molecule has 0 N–H and O–H groups in total. The Labute approximate surface area is 143 Å². The number of rotatable bonds is 3. The minimum atomic E-state index is 0.448. The van der Waals surface area contributed by atoms with Gasteiger partial charge in [0.2, 0.25) is 0 Å². The molecule has 0 fully saturated rings. The molecule has 0 bridgehead atoms. The molecule has 0 amide bonds. The second kappa shape index (κ2) is 7.20. The number of nitrogens with zero attached hydrogens (tertiary/aromatic N) is 1. The van der Waals surface area contributed by atoms with Gasteiger partial charge in [0.25, 0.3) is 0 Å². The van der Waals surface area contributed by atoms with Gasteiger partial charge in [-0.1, -0.05) is 48.0 Å². The van der Waals surface area contributed by atoms with Crippen LogP contribution >= 0.6 is 11.6 Å². The van der Waals surface area contributed by atoms with Crippen LogP contribution in [0.25, 0.3) is 11.6 Å². The maximum atomic E-state index is 6.01. The molecule has 0 saturated heterocycles. The minimum Gasteiger partial charge on any atom is -0.493 e. The first-order chi connectivity index (χ1) is 11.1. The Morgan fingerprint density at radius 1 is 1.13 bits per heavy atom. The van der Waals surface area contributed by atoms with E-state index in [4.69, 9.17) is 16.3 Å². The van der Waals surface area contributed by atoms with Crippen LogP contribution < -0.4 is 4.74 Å². The number of ether oxygens (including phenoxy) is 1. The highest BCUT2D eigenvalue weighted by molar-refractivity contribution is 6.30. The zero-order valence-corrected chi connectivity index (χ0v) is 14.4. The molecule has 120 valence electrons. The summed E-state index contributed by atoms with van der Waals surface area (Å²) in [6.07, 6.45) is 3.30. The van der Waals surface area contributed by atoms with Crippen molar-refractivity contribution in [1.82, 2.24) is 4.90 Å². The molecule has 23 heavy (non-hydrogen) atoms. The Balaban J connectivity index is 2.06. The van der Waals surface area contributed by atoms with E-state index in [9.17, 15) is 0 Å². The van der Waals surface area contributed by atoms with Crippen molar-refractivity contribution in [3.8, 4) is 5.75 Å². The van der Waals surface area contributed by atoms with E-state index in [1.807, 2.05) is 18.2 Å². The first-order valence-corrected chi connectivity index (χ1v) is 8.35. The third-order valence-electron chi connectivity index (χ3n) is 4.14. The summed E-state index contributed by atoms with van der Waals surface area (Å²) in [4.78, 5) is 2.24. The van der Waals surface area contributed by atoms with Crippen molar-refractivity contribution in [2.75, 3.05) is 27.2 Å². The van der Waals surface area contributed by atoms with E-state index in [-0.39, 0.29) is 0 Å². The first kappa shape index (κ1) is 16.1. The fourth-order valence-corrected chi connectivity index (χ4v) is 3.21. The molecule has 1 aliphatic heterocycles. The molecule has 0 saturated carbocycles. The van der Waals surface area contributed by atoms with Crippen molar-refractivity contribution in [2.45, 2.75) is 6.42 Å². The van der Waals surface area contributed by atoms with Gasteiger partial charge in [0.1, 0.15) is 5.75 Å². The molecule has 2 aromatic rings. The molecule has 3 heteroatoms. The van der Waals surface area contributed by atoms with E-state index in [1.165, 1.54) is 16.7 Å². The summed E-state index contributed by atoms with van der Waals surface area (Å²) in [6, 6.07) is 16.3. The van der Waals surface area contributed by atoms with Crippen LogP contribution in [0.4, 0.5) is 0 Å². The van der Waals surface area contributed by atoms with Crippen molar-refractivity contribution in [2.24, 2.45) is 5.92 Å². The van der Waals surface area contributed by atoms with Crippen LogP contribution in [0.2, 0.25) is 5.02 Å². The standard InChI is InChI=1S/C20H22ClNO/c1-22(2)14-16-11-12-23-20-6-4-3-5-18(20)19(16)13-15-7-9-17(21)10-8-15/h3-10,13,16H,11-12,14H2,1-2H3/b19-13-. The minimum absolute atomic E-state index is 0.448. The van der Waals surface area contributed by atoms with Gasteiger partial charge in [-0.25, -0.2) is 0 Å². The average Bonchev–Trinajstić information content (AvgIpc) is 2.69. The average molecular weight is 328 g/mol. The Bertz CT molecular complexity index is 691. The van der Waals surface area contributed by atoms with Gasteiger partial charge < -0.3 is 9.64 Å². The van der Waals surface area contributed by atoms with Crippen LogP contribution in [0.1, 0.15) is 17.5 Å². The summed E-state index contributed by atoms with van der Waals surface area (Å²) in [5.41, 5.74) is 3.71. The van der Waals surface area contributed by atoms with Gasteiger partial charge in [0, 0.05) is 23.0 Å².